The van der Waals surface area contributed by atoms with E-state index in [4.69, 9.17) is 5.73 Å². The summed E-state index contributed by atoms with van der Waals surface area (Å²) in [7, 11) is 0. The third kappa shape index (κ3) is 2.20. The fourth-order valence-corrected chi connectivity index (χ4v) is 1.53. The lowest BCUT2D eigenvalue weighted by Crippen LogP contribution is -2.04. The van der Waals surface area contributed by atoms with Crippen molar-refractivity contribution in [2.24, 2.45) is 5.73 Å². The molecule has 0 fully saturated rings. The van der Waals surface area contributed by atoms with Crippen molar-refractivity contribution < 1.29 is 4.79 Å². The number of amides is 1. The van der Waals surface area contributed by atoms with Crippen LogP contribution in [0.3, 0.4) is 0 Å². The van der Waals surface area contributed by atoms with Gasteiger partial charge in [0.1, 0.15) is 0 Å². The van der Waals surface area contributed by atoms with Gasteiger partial charge in [0.15, 0.2) is 0 Å². The van der Waals surface area contributed by atoms with Crippen molar-refractivity contribution in [1.29, 1.82) is 0 Å². The summed E-state index contributed by atoms with van der Waals surface area (Å²) in [5, 5.41) is 1.98. The van der Waals surface area contributed by atoms with Crippen LogP contribution in [0, 0.1) is 6.92 Å². The second kappa shape index (κ2) is 3.34. The van der Waals surface area contributed by atoms with Gasteiger partial charge in [0.25, 0.3) is 0 Å². The van der Waals surface area contributed by atoms with Crippen LogP contribution in [0.2, 0.25) is 0 Å². The molecular weight excluding hydrogens is 158 g/mol. The summed E-state index contributed by atoms with van der Waals surface area (Å²) < 4.78 is 0. The Hall–Kier alpha value is -1.09. The first-order chi connectivity index (χ1) is 5.20. The smallest absolute Gasteiger partial charge is 0.241 e. The van der Waals surface area contributed by atoms with Gasteiger partial charge in [-0.3, -0.25) is 4.79 Å². The van der Waals surface area contributed by atoms with Gasteiger partial charge in [0.05, 0.1) is 0 Å². The molecule has 0 aliphatic rings. The predicted molar refractivity (Wildman–Crippen MR) is 47.3 cm³/mol. The molecule has 2 N–H and O–H groups in total. The molecule has 1 amide bonds. The fourth-order valence-electron chi connectivity index (χ4n) is 0.713. The highest BCUT2D eigenvalue weighted by Gasteiger charge is 1.93. The van der Waals surface area contributed by atoms with Gasteiger partial charge in [-0.15, -0.1) is 11.3 Å². The molecular formula is C8H9NOS. The van der Waals surface area contributed by atoms with Crippen LogP contribution in [-0.4, -0.2) is 5.91 Å². The van der Waals surface area contributed by atoms with Crippen molar-refractivity contribution in [3.63, 3.8) is 0 Å². The van der Waals surface area contributed by atoms with Gasteiger partial charge >= 0.3 is 0 Å². The lowest BCUT2D eigenvalue weighted by molar-refractivity contribution is -0.113. The van der Waals surface area contributed by atoms with E-state index in [1.807, 2.05) is 18.4 Å². The van der Waals surface area contributed by atoms with Gasteiger partial charge in [-0.2, -0.15) is 0 Å². The van der Waals surface area contributed by atoms with Crippen LogP contribution >= 0.6 is 11.3 Å². The van der Waals surface area contributed by atoms with Crippen molar-refractivity contribution in [2.75, 3.05) is 0 Å². The van der Waals surface area contributed by atoms with Gasteiger partial charge < -0.3 is 5.73 Å². The second-order valence-corrected chi connectivity index (χ2v) is 3.15. The van der Waals surface area contributed by atoms with E-state index in [1.165, 1.54) is 11.6 Å². The highest BCUT2D eigenvalue weighted by molar-refractivity contribution is 7.11. The van der Waals surface area contributed by atoms with Crippen LogP contribution in [-0.2, 0) is 4.79 Å². The topological polar surface area (TPSA) is 43.1 Å². The number of carbonyl (C=O) groups excluding carboxylic acids is 1. The van der Waals surface area contributed by atoms with Gasteiger partial charge in [-0.1, -0.05) is 0 Å². The predicted octanol–water partition coefficient (Wildman–Crippen LogP) is 1.56. The number of hydrogen-bond acceptors (Lipinski definition) is 2. The highest BCUT2D eigenvalue weighted by Crippen LogP contribution is 2.16. The number of hydrogen-bond donors (Lipinski definition) is 1. The maximum absolute atomic E-state index is 10.3. The summed E-state index contributed by atoms with van der Waals surface area (Å²) in [5.74, 6) is -0.405. The maximum atomic E-state index is 10.3. The molecule has 0 saturated heterocycles. The standard InChI is InChI=1S/C8H9NOS/c1-6-4-5-11-7(6)2-3-8(9)10/h2-5H,1H3,(H2,9,10)/b3-2-. The molecule has 1 aromatic rings. The number of thiophene rings is 1. The zero-order valence-corrected chi connectivity index (χ0v) is 7.02. The van der Waals surface area contributed by atoms with Gasteiger partial charge in [-0.05, 0) is 30.0 Å². The van der Waals surface area contributed by atoms with Crippen LogP contribution in [0.25, 0.3) is 6.08 Å². The Kier molecular flexibility index (Phi) is 2.44. The summed E-state index contributed by atoms with van der Waals surface area (Å²) >= 11 is 1.60. The number of rotatable bonds is 2. The van der Waals surface area contributed by atoms with E-state index >= 15 is 0 Å². The molecule has 0 unspecified atom stereocenters. The normalized spacial score (nSPS) is 10.6. The molecule has 0 atom stereocenters. The third-order valence-corrected chi connectivity index (χ3v) is 2.28. The lowest BCUT2D eigenvalue weighted by atomic mass is 10.3. The van der Waals surface area contributed by atoms with Crippen LogP contribution in [0.4, 0.5) is 0 Å². The molecule has 0 spiro atoms. The monoisotopic (exact) mass is 167 g/mol. The number of nitrogens with two attached hydrogens (primary N) is 1. The Morgan fingerprint density at radius 3 is 2.91 bits per heavy atom. The molecule has 0 aromatic carbocycles. The second-order valence-electron chi connectivity index (χ2n) is 2.20. The average Bonchev–Trinajstić information content (AvgIpc) is 2.31. The quantitative estimate of drug-likeness (QED) is 0.667. The van der Waals surface area contributed by atoms with E-state index in [-0.39, 0.29) is 0 Å². The molecule has 1 rings (SSSR count). The summed E-state index contributed by atoms with van der Waals surface area (Å²) in [6.45, 7) is 2.00. The summed E-state index contributed by atoms with van der Waals surface area (Å²) in [6, 6.07) is 2.01. The van der Waals surface area contributed by atoms with Gasteiger partial charge in [0, 0.05) is 11.0 Å². The Balaban J connectivity index is 2.79. The highest BCUT2D eigenvalue weighted by atomic mass is 32.1. The summed E-state index contributed by atoms with van der Waals surface area (Å²) in [5.41, 5.74) is 6.11. The Morgan fingerprint density at radius 1 is 1.73 bits per heavy atom. The molecule has 0 aliphatic carbocycles. The molecule has 3 heteroatoms. The van der Waals surface area contributed by atoms with E-state index in [2.05, 4.69) is 0 Å². The van der Waals surface area contributed by atoms with E-state index in [1.54, 1.807) is 17.4 Å². The van der Waals surface area contributed by atoms with Crippen molar-refractivity contribution in [1.82, 2.24) is 0 Å². The SMILES string of the molecule is Cc1ccsc1/C=C\C(N)=O. The van der Waals surface area contributed by atoms with Crippen molar-refractivity contribution in [3.05, 3.63) is 28.0 Å². The minimum atomic E-state index is -0.405. The third-order valence-electron chi connectivity index (χ3n) is 1.30. The number of primary amides is 1. The molecule has 0 radical (unpaired) electrons. The van der Waals surface area contributed by atoms with Crippen molar-refractivity contribution in [2.45, 2.75) is 6.92 Å². The minimum Gasteiger partial charge on any atom is -0.366 e. The minimum absolute atomic E-state index is 0.405. The molecule has 1 heterocycles. The Morgan fingerprint density at radius 2 is 2.45 bits per heavy atom. The molecule has 0 saturated carbocycles. The van der Waals surface area contributed by atoms with Crippen molar-refractivity contribution in [3.8, 4) is 0 Å². The molecule has 0 aliphatic heterocycles. The van der Waals surface area contributed by atoms with E-state index in [9.17, 15) is 4.79 Å². The van der Waals surface area contributed by atoms with Crippen molar-refractivity contribution >= 4 is 23.3 Å². The van der Waals surface area contributed by atoms with E-state index in [0.717, 1.165) is 4.88 Å². The number of aryl methyl sites for hydroxylation is 1. The zero-order valence-electron chi connectivity index (χ0n) is 6.20. The molecule has 11 heavy (non-hydrogen) atoms. The maximum Gasteiger partial charge on any atom is 0.241 e. The van der Waals surface area contributed by atoms with E-state index < -0.39 is 5.91 Å². The first kappa shape index (κ1) is 8.01. The first-order valence-corrected chi connectivity index (χ1v) is 4.09. The Labute approximate surface area is 69.3 Å². The molecule has 0 bridgehead atoms. The summed E-state index contributed by atoms with van der Waals surface area (Å²) in [4.78, 5) is 11.4. The van der Waals surface area contributed by atoms with Crippen LogP contribution in [0.15, 0.2) is 17.5 Å². The zero-order chi connectivity index (χ0) is 8.27. The molecule has 2 nitrogen and oxygen atoms in total. The largest absolute Gasteiger partial charge is 0.366 e. The van der Waals surface area contributed by atoms with Gasteiger partial charge in [0.2, 0.25) is 5.91 Å². The Bertz CT molecular complexity index is 288. The van der Waals surface area contributed by atoms with E-state index in [0.29, 0.717) is 0 Å². The van der Waals surface area contributed by atoms with Gasteiger partial charge in [-0.25, -0.2) is 0 Å². The number of carbonyl (C=O) groups is 1. The lowest BCUT2D eigenvalue weighted by Gasteiger charge is -1.86. The summed E-state index contributed by atoms with van der Waals surface area (Å²) in [6.07, 6.45) is 3.11. The molecule has 58 valence electrons. The van der Waals surface area contributed by atoms with Crippen LogP contribution < -0.4 is 5.73 Å². The molecule has 1 aromatic heterocycles. The average molecular weight is 167 g/mol. The van der Waals surface area contributed by atoms with Crippen LogP contribution in [0.5, 0.6) is 0 Å². The first-order valence-electron chi connectivity index (χ1n) is 3.22. The van der Waals surface area contributed by atoms with Crippen LogP contribution in [0.1, 0.15) is 10.4 Å². The fraction of sp³-hybridized carbons (Fsp3) is 0.125.